The van der Waals surface area contributed by atoms with Gasteiger partial charge in [-0.2, -0.15) is 0 Å². The maximum atomic E-state index is 12.9. The smallest absolute Gasteiger partial charge is 0.232 e. The minimum absolute atomic E-state index is 0.246. The molecule has 14 nitrogen and oxygen atoms in total. The molecule has 0 unspecified atom stereocenters. The first-order chi connectivity index (χ1) is 19.1. The molecule has 0 aliphatic carbocycles. The summed E-state index contributed by atoms with van der Waals surface area (Å²) in [6.45, 7) is 10.5. The Balaban J connectivity index is 1.93. The lowest BCUT2D eigenvalue weighted by Gasteiger charge is -2.20. The molecule has 2 saturated heterocycles. The van der Waals surface area contributed by atoms with Crippen LogP contribution < -0.4 is 53.2 Å². The summed E-state index contributed by atoms with van der Waals surface area (Å²) < 4.78 is 0. The van der Waals surface area contributed by atoms with Crippen molar-refractivity contribution in [3.8, 4) is 0 Å². The van der Waals surface area contributed by atoms with E-state index in [2.05, 4.69) is 53.2 Å². The molecule has 0 atom stereocenters. The first-order valence-electron chi connectivity index (χ1n) is 14.4. The zero-order valence-electron chi connectivity index (χ0n) is 23.2. The van der Waals surface area contributed by atoms with Crippen molar-refractivity contribution in [1.82, 2.24) is 53.2 Å². The molecule has 2 heterocycles. The van der Waals surface area contributed by atoms with Gasteiger partial charge in [0.15, 0.2) is 0 Å². The van der Waals surface area contributed by atoms with Crippen LogP contribution >= 0.6 is 0 Å². The van der Waals surface area contributed by atoms with Gasteiger partial charge in [0.25, 0.3) is 0 Å². The van der Waals surface area contributed by atoms with Crippen molar-refractivity contribution in [3.05, 3.63) is 0 Å². The molecule has 10 N–H and O–H groups in total. The SMILES string of the molecule is O=C1NCCNCCNCCNCCNC(=O)C1CCCC1C(=O)NCCNCCNCCNCCNC1=O. The van der Waals surface area contributed by atoms with Crippen LogP contribution in [0.1, 0.15) is 19.3 Å². The Hall–Kier alpha value is -2.36. The third-order valence-electron chi connectivity index (χ3n) is 6.57. The van der Waals surface area contributed by atoms with Crippen LogP contribution in [-0.2, 0) is 19.2 Å². The summed E-state index contributed by atoms with van der Waals surface area (Å²) >= 11 is 0. The highest BCUT2D eigenvalue weighted by atomic mass is 16.2. The van der Waals surface area contributed by atoms with Gasteiger partial charge in [0.1, 0.15) is 11.8 Å². The second kappa shape index (κ2) is 21.5. The number of nitrogens with one attached hydrogen (secondary N) is 10. The van der Waals surface area contributed by atoms with Crippen LogP contribution in [0.25, 0.3) is 0 Å². The lowest BCUT2D eigenvalue weighted by Crippen LogP contribution is -2.46. The fourth-order valence-electron chi connectivity index (χ4n) is 4.33. The Labute approximate surface area is 232 Å². The van der Waals surface area contributed by atoms with Gasteiger partial charge in [0.2, 0.25) is 23.6 Å². The number of carbonyl (C=O) groups excluding carboxylic acids is 4. The maximum absolute atomic E-state index is 12.9. The molecule has 39 heavy (non-hydrogen) atoms. The molecule has 0 bridgehead atoms. The number of hydrogen-bond acceptors (Lipinski definition) is 10. The molecule has 224 valence electrons. The maximum Gasteiger partial charge on any atom is 0.232 e. The van der Waals surface area contributed by atoms with Crippen molar-refractivity contribution in [2.24, 2.45) is 11.8 Å². The molecular formula is C25H50N10O4. The van der Waals surface area contributed by atoms with E-state index >= 15 is 0 Å². The highest BCUT2D eigenvalue weighted by Gasteiger charge is 2.29. The van der Waals surface area contributed by atoms with Crippen LogP contribution in [0.2, 0.25) is 0 Å². The Kier molecular flexibility index (Phi) is 18.1. The van der Waals surface area contributed by atoms with Gasteiger partial charge in [0, 0.05) is 105 Å². The summed E-state index contributed by atoms with van der Waals surface area (Å²) in [6, 6.07) is 0. The predicted molar refractivity (Wildman–Crippen MR) is 150 cm³/mol. The summed E-state index contributed by atoms with van der Waals surface area (Å²) in [5, 5.41) is 31.0. The molecule has 2 rings (SSSR count). The quantitative estimate of drug-likeness (QED) is 0.152. The van der Waals surface area contributed by atoms with Gasteiger partial charge in [-0.15, -0.1) is 0 Å². The van der Waals surface area contributed by atoms with Crippen molar-refractivity contribution >= 4 is 23.6 Å². The lowest BCUT2D eigenvalue weighted by molar-refractivity contribution is -0.136. The van der Waals surface area contributed by atoms with Gasteiger partial charge in [-0.1, -0.05) is 6.42 Å². The summed E-state index contributed by atoms with van der Waals surface area (Å²) in [4.78, 5) is 51.6. The number of hydrogen-bond donors (Lipinski definition) is 10. The van der Waals surface area contributed by atoms with Crippen LogP contribution in [0.4, 0.5) is 0 Å². The number of rotatable bonds is 4. The van der Waals surface area contributed by atoms with Crippen molar-refractivity contribution in [1.29, 1.82) is 0 Å². The fourth-order valence-corrected chi connectivity index (χ4v) is 4.33. The topological polar surface area (TPSA) is 189 Å². The zero-order valence-corrected chi connectivity index (χ0v) is 23.2. The van der Waals surface area contributed by atoms with Crippen molar-refractivity contribution in [2.45, 2.75) is 19.3 Å². The second-order valence-corrected chi connectivity index (χ2v) is 9.70. The average molecular weight is 555 g/mol. The normalized spacial score (nSPS) is 22.8. The minimum atomic E-state index is -0.890. The van der Waals surface area contributed by atoms with Gasteiger partial charge in [0.05, 0.1) is 0 Å². The van der Waals surface area contributed by atoms with Crippen LogP contribution in [0.5, 0.6) is 0 Å². The monoisotopic (exact) mass is 554 g/mol. The van der Waals surface area contributed by atoms with E-state index in [0.29, 0.717) is 58.8 Å². The molecule has 0 spiro atoms. The molecule has 0 aromatic rings. The van der Waals surface area contributed by atoms with E-state index in [-0.39, 0.29) is 36.5 Å². The summed E-state index contributed by atoms with van der Waals surface area (Å²) in [6.07, 6.45) is 0.868. The molecule has 2 aliphatic rings. The van der Waals surface area contributed by atoms with Crippen molar-refractivity contribution in [2.75, 3.05) is 105 Å². The van der Waals surface area contributed by atoms with Crippen LogP contribution in [-0.4, -0.2) is 128 Å². The van der Waals surface area contributed by atoms with Gasteiger partial charge in [-0.05, 0) is 12.8 Å². The van der Waals surface area contributed by atoms with Gasteiger partial charge in [-0.3, -0.25) is 19.2 Å². The minimum Gasteiger partial charge on any atom is -0.354 e. The van der Waals surface area contributed by atoms with Gasteiger partial charge >= 0.3 is 0 Å². The largest absolute Gasteiger partial charge is 0.354 e. The molecule has 4 amide bonds. The summed E-state index contributed by atoms with van der Waals surface area (Å²) in [7, 11) is 0. The molecule has 2 aliphatic heterocycles. The molecule has 0 aromatic heterocycles. The van der Waals surface area contributed by atoms with Crippen molar-refractivity contribution in [3.63, 3.8) is 0 Å². The fraction of sp³-hybridized carbons (Fsp3) is 0.840. The van der Waals surface area contributed by atoms with E-state index in [4.69, 9.17) is 0 Å². The van der Waals surface area contributed by atoms with Gasteiger partial charge < -0.3 is 53.2 Å². The lowest BCUT2D eigenvalue weighted by atomic mass is 9.94. The van der Waals surface area contributed by atoms with Crippen LogP contribution in [0.3, 0.4) is 0 Å². The molecule has 0 saturated carbocycles. The molecule has 2 fully saturated rings. The Morgan fingerprint density at radius 1 is 0.359 bits per heavy atom. The zero-order chi connectivity index (χ0) is 28.0. The number of amides is 4. The number of carbonyl (C=O) groups is 4. The van der Waals surface area contributed by atoms with E-state index in [0.717, 1.165) is 52.4 Å². The third-order valence-corrected chi connectivity index (χ3v) is 6.57. The van der Waals surface area contributed by atoms with Crippen molar-refractivity contribution < 1.29 is 19.2 Å². The van der Waals surface area contributed by atoms with Crippen LogP contribution in [0.15, 0.2) is 0 Å². The highest BCUT2D eigenvalue weighted by Crippen LogP contribution is 2.15. The first-order valence-corrected chi connectivity index (χ1v) is 14.4. The second-order valence-electron chi connectivity index (χ2n) is 9.70. The van der Waals surface area contributed by atoms with E-state index in [1.54, 1.807) is 0 Å². The highest BCUT2D eigenvalue weighted by molar-refractivity contribution is 6.01. The van der Waals surface area contributed by atoms with E-state index in [1.807, 2.05) is 0 Å². The molecular weight excluding hydrogens is 504 g/mol. The molecule has 0 aromatic carbocycles. The summed E-state index contributed by atoms with van der Waals surface area (Å²) in [5.41, 5.74) is 0. The Morgan fingerprint density at radius 2 is 0.564 bits per heavy atom. The Bertz CT molecular complexity index is 617. The van der Waals surface area contributed by atoms with E-state index in [9.17, 15) is 19.2 Å². The van der Waals surface area contributed by atoms with Gasteiger partial charge in [-0.25, -0.2) is 0 Å². The standard InChI is InChI=1S/C25H50N10O4/c36-22-20(23(37)33-17-13-29-9-5-26-4-8-28-12-16-32-22)2-1-3-21-24(38)34-18-14-30-10-6-27-7-11-31-15-19-35-25(21)39/h20-21,26-31H,1-19H2,(H,32,36)(H,33,37)(H,34,38)(H,35,39). The first kappa shape index (κ1) is 32.8. The van der Waals surface area contributed by atoms with Crippen LogP contribution in [0, 0.1) is 11.8 Å². The van der Waals surface area contributed by atoms with E-state index in [1.165, 1.54) is 0 Å². The summed E-state index contributed by atoms with van der Waals surface area (Å²) in [5.74, 6) is -3.15. The Morgan fingerprint density at radius 3 is 0.795 bits per heavy atom. The molecule has 0 radical (unpaired) electrons. The predicted octanol–water partition coefficient (Wildman–Crippen LogP) is -4.58. The average Bonchev–Trinajstić information content (AvgIpc) is 2.92. The van der Waals surface area contributed by atoms with E-state index < -0.39 is 11.8 Å². The third kappa shape index (κ3) is 15.1. The molecule has 14 heteroatoms.